The molecule has 6 aromatic rings. The fourth-order valence-corrected chi connectivity index (χ4v) is 10.4. The molecule has 92 heavy (non-hydrogen) atoms. The lowest BCUT2D eigenvalue weighted by Crippen LogP contribution is -2.46. The van der Waals surface area contributed by atoms with E-state index in [2.05, 4.69) is 93.1 Å². The van der Waals surface area contributed by atoms with Gasteiger partial charge in [-0.3, -0.25) is 19.4 Å². The molecule has 0 radical (unpaired) electrons. The van der Waals surface area contributed by atoms with Gasteiger partial charge in [0.1, 0.15) is 79.0 Å². The summed E-state index contributed by atoms with van der Waals surface area (Å²) in [7, 11) is 8.88. The summed E-state index contributed by atoms with van der Waals surface area (Å²) in [6.45, 7) is 22.8. The maximum atomic E-state index is 13.2. The van der Waals surface area contributed by atoms with E-state index < -0.39 is 17.3 Å². The number of aromatic nitrogens is 4. The second-order valence-electron chi connectivity index (χ2n) is 20.2. The Kier molecular flexibility index (Phi) is 28.6. The van der Waals surface area contributed by atoms with Crippen LogP contribution in [0, 0.1) is 0 Å². The molecule has 30 heteroatoms. The number of piperazine rings is 2. The van der Waals surface area contributed by atoms with Crippen LogP contribution in [0.2, 0.25) is 20.1 Å². The molecule has 5 amide bonds. The Labute approximate surface area is 561 Å². The zero-order valence-corrected chi connectivity index (χ0v) is 56.3. The highest BCUT2D eigenvalue weighted by molar-refractivity contribution is 6.66. The normalized spacial score (nSPS) is 13.6. The number of rotatable bonds is 19. The van der Waals surface area contributed by atoms with E-state index in [0.717, 1.165) is 96.1 Å². The summed E-state index contributed by atoms with van der Waals surface area (Å²) in [5, 5.41) is 14.7. The molecule has 2 aromatic heterocycles. The average molecular weight is 1370 g/mol. The van der Waals surface area contributed by atoms with E-state index in [1.54, 1.807) is 19.2 Å². The Morgan fingerprint density at radius 1 is 0.565 bits per heavy atom. The van der Waals surface area contributed by atoms with Gasteiger partial charge in [-0.15, -0.1) is 0 Å². The molecule has 0 bridgehead atoms. The number of urea groups is 2. The number of amides is 5. The Morgan fingerprint density at radius 3 is 1.30 bits per heavy atom. The van der Waals surface area contributed by atoms with E-state index >= 15 is 0 Å². The minimum absolute atomic E-state index is 0.116. The molecule has 3 aliphatic rings. The Morgan fingerprint density at radius 2 is 0.957 bits per heavy atom. The second-order valence-corrected chi connectivity index (χ2v) is 22.1. The first kappa shape index (κ1) is 72.8. The molecule has 3 fully saturated rings. The zero-order chi connectivity index (χ0) is 67.0. The van der Waals surface area contributed by atoms with Crippen LogP contribution in [-0.2, 0) is 14.3 Å². The SMILES string of the molecule is C1CCOC1.C=CC(=O)Cl.C=CC(=O)Nc1cc(N2CCN(CC)CC2)ccc1Nc1cc(N(C)C(=O)Nc2c(Cl)c(OC)cc(OC)c2Cl)ncn1.CCN1CCN(c2ccc(Nc3cc(N(C)C(=O)Nc4c(Cl)c(OC)cc(OC)c4Cl)ncn3)c(N)c2)CC1. The lowest BCUT2D eigenvalue weighted by Gasteiger charge is -2.35. The molecule has 7 N–H and O–H groups in total. The van der Waals surface area contributed by atoms with Crippen LogP contribution in [0.5, 0.6) is 23.0 Å². The van der Waals surface area contributed by atoms with Crippen LogP contribution in [0.3, 0.4) is 0 Å². The summed E-state index contributed by atoms with van der Waals surface area (Å²) in [4.78, 5) is 77.0. The van der Waals surface area contributed by atoms with Crippen molar-refractivity contribution in [3.05, 3.63) is 119 Å². The summed E-state index contributed by atoms with van der Waals surface area (Å²) >= 11 is 30.3. The first-order chi connectivity index (χ1) is 44.2. The molecule has 3 saturated heterocycles. The topological polar surface area (TPSA) is 272 Å². The molecule has 0 spiro atoms. The van der Waals surface area contributed by atoms with Gasteiger partial charge in [-0.1, -0.05) is 73.4 Å². The minimum Gasteiger partial charge on any atom is -0.495 e. The number of nitrogens with one attached hydrogen (secondary N) is 5. The lowest BCUT2D eigenvalue weighted by atomic mass is 10.2. The number of ether oxygens (including phenoxy) is 5. The van der Waals surface area contributed by atoms with Crippen molar-refractivity contribution in [1.29, 1.82) is 0 Å². The average Bonchev–Trinajstić information content (AvgIpc) is 0.874. The van der Waals surface area contributed by atoms with Crippen molar-refractivity contribution in [3.8, 4) is 23.0 Å². The van der Waals surface area contributed by atoms with Crippen molar-refractivity contribution in [2.24, 2.45) is 0 Å². The highest BCUT2D eigenvalue weighted by Crippen LogP contribution is 2.46. The molecule has 0 atom stereocenters. The number of nitrogen functional groups attached to an aromatic ring is 1. The molecule has 5 heterocycles. The summed E-state index contributed by atoms with van der Waals surface area (Å²) in [5.41, 5.74) is 11.2. The number of likely N-dealkylation sites (N-methyl/N-ethyl adjacent to an activating group) is 2. The molecule has 9 rings (SSSR count). The number of nitrogens with two attached hydrogens (primary N) is 1. The number of carbonyl (C=O) groups excluding carboxylic acids is 4. The molecular weight excluding hydrogens is 1290 g/mol. The molecule has 0 unspecified atom stereocenters. The van der Waals surface area contributed by atoms with Gasteiger partial charge in [0.2, 0.25) is 11.1 Å². The number of nitrogens with zero attached hydrogens (tertiary/aromatic N) is 10. The van der Waals surface area contributed by atoms with Gasteiger partial charge in [-0.2, -0.15) is 0 Å². The van der Waals surface area contributed by atoms with Gasteiger partial charge in [0.25, 0.3) is 0 Å². The third kappa shape index (κ3) is 20.1. The Bertz CT molecular complexity index is 3460. The molecule has 4 aromatic carbocycles. The highest BCUT2D eigenvalue weighted by Gasteiger charge is 2.25. The number of benzene rings is 4. The maximum absolute atomic E-state index is 13.2. The number of allylic oxidation sites excluding steroid dienone is 1. The van der Waals surface area contributed by atoms with Crippen molar-refractivity contribution >= 4 is 150 Å². The number of methoxy groups -OCH3 is 4. The van der Waals surface area contributed by atoms with E-state index in [-0.39, 0.29) is 54.7 Å². The summed E-state index contributed by atoms with van der Waals surface area (Å²) in [6, 6.07) is 16.9. The van der Waals surface area contributed by atoms with Crippen molar-refractivity contribution in [1.82, 2.24) is 29.7 Å². The Balaban J connectivity index is 0.000000254. The maximum Gasteiger partial charge on any atom is 0.327 e. The van der Waals surface area contributed by atoms with Crippen molar-refractivity contribution in [2.75, 3.05) is 173 Å². The van der Waals surface area contributed by atoms with Gasteiger partial charge in [0, 0.05) is 115 Å². The first-order valence-corrected chi connectivity index (χ1v) is 30.9. The van der Waals surface area contributed by atoms with E-state index in [1.165, 1.54) is 89.0 Å². The van der Waals surface area contributed by atoms with Crippen molar-refractivity contribution in [2.45, 2.75) is 26.7 Å². The molecular formula is C62H77Cl5N16O9. The smallest absolute Gasteiger partial charge is 0.327 e. The molecule has 494 valence electrons. The van der Waals surface area contributed by atoms with Crippen LogP contribution in [0.4, 0.5) is 78.4 Å². The number of hydrogen-bond acceptors (Lipinski definition) is 20. The van der Waals surface area contributed by atoms with Gasteiger partial charge >= 0.3 is 12.1 Å². The van der Waals surface area contributed by atoms with E-state index in [0.29, 0.717) is 51.7 Å². The van der Waals surface area contributed by atoms with Crippen LogP contribution >= 0.6 is 58.0 Å². The van der Waals surface area contributed by atoms with Crippen LogP contribution in [0.25, 0.3) is 0 Å². The van der Waals surface area contributed by atoms with Crippen LogP contribution in [0.1, 0.15) is 26.7 Å². The summed E-state index contributed by atoms with van der Waals surface area (Å²) in [6.07, 6.45) is 7.48. The third-order valence-corrected chi connectivity index (χ3v) is 16.2. The predicted molar refractivity (Wildman–Crippen MR) is 370 cm³/mol. The fraction of sp³-hybridized carbons (Fsp3) is 0.355. The number of anilines is 12. The molecule has 0 aliphatic carbocycles. The van der Waals surface area contributed by atoms with Gasteiger partial charge in [-0.25, -0.2) is 29.5 Å². The van der Waals surface area contributed by atoms with Crippen LogP contribution in [0.15, 0.2) is 98.6 Å². The van der Waals surface area contributed by atoms with E-state index in [1.807, 2.05) is 36.4 Å². The number of halogens is 5. The lowest BCUT2D eigenvalue weighted by molar-refractivity contribution is -0.112. The fourth-order valence-electron chi connectivity index (χ4n) is 9.19. The highest BCUT2D eigenvalue weighted by atomic mass is 35.5. The molecule has 0 saturated carbocycles. The second kappa shape index (κ2) is 36.1. The zero-order valence-electron chi connectivity index (χ0n) is 52.5. The van der Waals surface area contributed by atoms with Gasteiger partial charge in [0.15, 0.2) is 0 Å². The van der Waals surface area contributed by atoms with Crippen LogP contribution in [-0.4, -0.2) is 174 Å². The van der Waals surface area contributed by atoms with Gasteiger partial charge in [0.05, 0.1) is 62.6 Å². The third-order valence-electron chi connectivity index (χ3n) is 14.6. The number of carbonyl (C=O) groups is 4. The largest absolute Gasteiger partial charge is 0.495 e. The van der Waals surface area contributed by atoms with E-state index in [4.69, 9.17) is 87.4 Å². The Hall–Kier alpha value is -8.27. The summed E-state index contributed by atoms with van der Waals surface area (Å²) in [5.74, 6) is 2.29. The molecule has 3 aliphatic heterocycles. The molecule has 25 nitrogen and oxygen atoms in total. The standard InChI is InChI=1S/C29H34Cl2N8O4.C26H32Cl2N8O3.C4H8O.C3H3ClO/c1-6-25(40)35-20-14-18(39-12-10-38(7-2)11-13-39)8-9-19(20)34-23-16-24(33-17-32-23)37(3)29(41)36-28-26(30)21(42-4)15-22(43-5)27(28)31;1-5-35-8-10-36(11-9-35)16-6-7-18(17(29)12-16)32-21-14-22(31-15-30-21)34(2)26(37)33-25-23(27)19(38-3)13-20(39-4)24(25)28;1-2-4-5-3-1;1-2-3(4)5/h6,8-9,14-17H,1,7,10-13H2,2-5H3,(H,35,40)(H,36,41)(H,32,33,34);6-7,12-15H,5,8-11,29H2,1-4H3,(H,33,37)(H,30,31,32);1-4H2;2H,1H2. The quantitative estimate of drug-likeness (QED) is 0.0250. The van der Waals surface area contributed by atoms with Crippen molar-refractivity contribution in [3.63, 3.8) is 0 Å². The predicted octanol–water partition coefficient (Wildman–Crippen LogP) is 12.2. The van der Waals surface area contributed by atoms with Crippen molar-refractivity contribution < 1.29 is 42.9 Å². The first-order valence-electron chi connectivity index (χ1n) is 29.0. The monoisotopic (exact) mass is 1360 g/mol. The van der Waals surface area contributed by atoms with Crippen LogP contribution < -0.4 is 70.9 Å². The minimum atomic E-state index is -0.574. The number of hydrogen-bond donors (Lipinski definition) is 6. The van der Waals surface area contributed by atoms with Gasteiger partial charge in [-0.05, 0) is 86.1 Å². The summed E-state index contributed by atoms with van der Waals surface area (Å²) < 4.78 is 26.0. The van der Waals surface area contributed by atoms with Gasteiger partial charge < -0.3 is 75.6 Å². The van der Waals surface area contributed by atoms with E-state index in [9.17, 15) is 19.2 Å².